The van der Waals surface area contributed by atoms with Gasteiger partial charge in [0.15, 0.2) is 0 Å². The summed E-state index contributed by atoms with van der Waals surface area (Å²) in [5.74, 6) is -1.44. The molecule has 0 aliphatic carbocycles. The number of primary amides is 1. The Morgan fingerprint density at radius 2 is 1.94 bits per heavy atom. The number of rotatable bonds is 5. The number of morpholine rings is 1. The molecule has 4 N–H and O–H groups in total. The third-order valence-corrected chi connectivity index (χ3v) is 7.26. The van der Waals surface area contributed by atoms with Gasteiger partial charge in [-0.1, -0.05) is 29.2 Å². The van der Waals surface area contributed by atoms with Crippen molar-refractivity contribution in [2.75, 3.05) is 25.0 Å². The first-order valence-corrected chi connectivity index (χ1v) is 11.4. The summed E-state index contributed by atoms with van der Waals surface area (Å²) in [5.41, 5.74) is 6.40. The number of aromatic nitrogens is 1. The number of anilines is 1. The molecule has 2 aromatic carbocycles. The fourth-order valence-electron chi connectivity index (χ4n) is 3.51. The van der Waals surface area contributed by atoms with E-state index in [4.69, 9.17) is 29.9 Å². The number of hydrogen-bond acceptors (Lipinski definition) is 5. The van der Waals surface area contributed by atoms with Crippen LogP contribution in [0.15, 0.2) is 47.4 Å². The first-order chi connectivity index (χ1) is 15.2. The minimum atomic E-state index is -4.21. The van der Waals surface area contributed by atoms with Gasteiger partial charge < -0.3 is 20.8 Å². The standard InChI is InChI=1S/C20H18BClN4O5S/c21-11-1-6-15-14(9-11)18(17(25-15)19(23)27)32(29,30)26-7-8-31-16(10-26)20(28)24-13-4-2-12(22)3-5-13/h1-6,9,16,25H,7-8,10H2,(H2,23,27)(H,24,28). The Kier molecular flexibility index (Phi) is 6.00. The van der Waals surface area contributed by atoms with E-state index in [1.165, 1.54) is 6.07 Å². The summed E-state index contributed by atoms with van der Waals surface area (Å²) in [6, 6.07) is 11.1. The van der Waals surface area contributed by atoms with Crippen LogP contribution < -0.4 is 16.5 Å². The molecule has 3 aromatic rings. The van der Waals surface area contributed by atoms with Gasteiger partial charge in [0.2, 0.25) is 10.0 Å². The van der Waals surface area contributed by atoms with E-state index in [2.05, 4.69) is 10.3 Å². The van der Waals surface area contributed by atoms with Crippen LogP contribution in [0.2, 0.25) is 5.02 Å². The summed E-state index contributed by atoms with van der Waals surface area (Å²) in [7, 11) is 1.61. The van der Waals surface area contributed by atoms with E-state index < -0.39 is 27.9 Å². The number of nitrogens with one attached hydrogen (secondary N) is 2. The quantitative estimate of drug-likeness (QED) is 0.471. The Labute approximate surface area is 190 Å². The van der Waals surface area contributed by atoms with Crippen molar-refractivity contribution in [3.63, 3.8) is 0 Å². The number of aromatic amines is 1. The van der Waals surface area contributed by atoms with E-state index in [1.807, 2.05) is 0 Å². The maximum Gasteiger partial charge on any atom is 0.266 e. The van der Waals surface area contributed by atoms with Crippen molar-refractivity contribution < 1.29 is 22.7 Å². The molecule has 1 fully saturated rings. The zero-order valence-corrected chi connectivity index (χ0v) is 18.2. The summed E-state index contributed by atoms with van der Waals surface area (Å²) in [5, 5.41) is 3.43. The summed E-state index contributed by atoms with van der Waals surface area (Å²) in [6.07, 6.45) is -1.05. The molecule has 1 unspecified atom stereocenters. The van der Waals surface area contributed by atoms with Crippen molar-refractivity contribution in [3.8, 4) is 0 Å². The Balaban J connectivity index is 1.64. The van der Waals surface area contributed by atoms with Gasteiger partial charge in [0.05, 0.1) is 6.61 Å². The molecule has 0 bridgehead atoms. The van der Waals surface area contributed by atoms with Crippen molar-refractivity contribution in [1.82, 2.24) is 9.29 Å². The van der Waals surface area contributed by atoms with Crippen molar-refractivity contribution in [3.05, 3.63) is 53.2 Å². The van der Waals surface area contributed by atoms with Crippen LogP contribution >= 0.6 is 11.6 Å². The van der Waals surface area contributed by atoms with Gasteiger partial charge in [0.25, 0.3) is 11.8 Å². The number of amides is 2. The number of hydrogen-bond donors (Lipinski definition) is 3. The van der Waals surface area contributed by atoms with Crippen molar-refractivity contribution in [1.29, 1.82) is 0 Å². The summed E-state index contributed by atoms with van der Waals surface area (Å²) in [4.78, 5) is 27.1. The third kappa shape index (κ3) is 4.24. The molecule has 12 heteroatoms. The molecule has 9 nitrogen and oxygen atoms in total. The first kappa shape index (κ1) is 22.3. The number of ether oxygens (including phenoxy) is 1. The zero-order chi connectivity index (χ0) is 23.0. The Morgan fingerprint density at radius 3 is 2.62 bits per heavy atom. The van der Waals surface area contributed by atoms with Gasteiger partial charge in [0.1, 0.15) is 24.5 Å². The lowest BCUT2D eigenvalue weighted by Gasteiger charge is -2.31. The van der Waals surface area contributed by atoms with Crippen LogP contribution in [0.1, 0.15) is 10.5 Å². The van der Waals surface area contributed by atoms with Crippen LogP contribution in [0.4, 0.5) is 5.69 Å². The number of H-pyrrole nitrogens is 1. The van der Waals surface area contributed by atoms with Gasteiger partial charge in [-0.2, -0.15) is 4.31 Å². The molecule has 32 heavy (non-hydrogen) atoms. The normalized spacial score (nSPS) is 17.3. The van der Waals surface area contributed by atoms with E-state index in [-0.39, 0.29) is 35.7 Å². The van der Waals surface area contributed by atoms with Gasteiger partial charge in [0, 0.05) is 34.7 Å². The SMILES string of the molecule is [B]c1ccc2[nH]c(C(N)=O)c(S(=O)(=O)N3CCOC(C(=O)Nc4ccc(Cl)cc4)C3)c2c1. The molecule has 1 atom stereocenters. The Bertz CT molecular complexity index is 1310. The molecule has 0 saturated carbocycles. The molecule has 2 heterocycles. The average molecular weight is 473 g/mol. The fraction of sp³-hybridized carbons (Fsp3) is 0.200. The molecule has 0 spiro atoms. The summed E-state index contributed by atoms with van der Waals surface area (Å²) in [6.45, 7) is -0.246. The van der Waals surface area contributed by atoms with E-state index in [0.717, 1.165) is 4.31 Å². The highest BCUT2D eigenvalue weighted by atomic mass is 35.5. The van der Waals surface area contributed by atoms with Gasteiger partial charge in [-0.05, 0) is 30.3 Å². The van der Waals surface area contributed by atoms with Crippen LogP contribution in [-0.4, -0.2) is 63.2 Å². The highest BCUT2D eigenvalue weighted by Crippen LogP contribution is 2.30. The van der Waals surface area contributed by atoms with Crippen LogP contribution in [0.5, 0.6) is 0 Å². The van der Waals surface area contributed by atoms with E-state index in [9.17, 15) is 18.0 Å². The maximum atomic E-state index is 13.5. The number of benzene rings is 2. The fourth-order valence-corrected chi connectivity index (χ4v) is 5.40. The van der Waals surface area contributed by atoms with E-state index >= 15 is 0 Å². The average Bonchev–Trinajstić information content (AvgIpc) is 3.15. The topological polar surface area (TPSA) is 135 Å². The van der Waals surface area contributed by atoms with Gasteiger partial charge in [-0.25, -0.2) is 8.42 Å². The summed E-state index contributed by atoms with van der Waals surface area (Å²) >= 11 is 5.85. The third-order valence-electron chi connectivity index (χ3n) is 5.05. The number of nitrogens with zero attached hydrogens (tertiary/aromatic N) is 1. The number of carbonyl (C=O) groups is 2. The van der Waals surface area contributed by atoms with E-state index in [1.54, 1.807) is 36.4 Å². The lowest BCUT2D eigenvalue weighted by molar-refractivity contribution is -0.130. The second-order valence-corrected chi connectivity index (χ2v) is 9.53. The molecule has 1 aliphatic heterocycles. The highest BCUT2D eigenvalue weighted by molar-refractivity contribution is 7.89. The predicted octanol–water partition coefficient (Wildman–Crippen LogP) is 0.742. The lowest BCUT2D eigenvalue weighted by Crippen LogP contribution is -2.50. The second kappa shape index (κ2) is 8.59. The first-order valence-electron chi connectivity index (χ1n) is 9.56. The molecule has 1 aliphatic rings. The number of halogens is 1. The molecule has 2 amide bonds. The number of nitrogens with two attached hydrogens (primary N) is 1. The molecule has 1 aromatic heterocycles. The van der Waals surface area contributed by atoms with Gasteiger partial charge in [-0.3, -0.25) is 9.59 Å². The summed E-state index contributed by atoms with van der Waals surface area (Å²) < 4.78 is 33.6. The molecule has 4 rings (SSSR count). The van der Waals surface area contributed by atoms with Crippen LogP contribution in [0.3, 0.4) is 0 Å². The number of carbonyl (C=O) groups excluding carboxylic acids is 2. The molecule has 164 valence electrons. The number of fused-ring (bicyclic) bond motifs is 1. The van der Waals surface area contributed by atoms with Gasteiger partial charge >= 0.3 is 0 Å². The molecule has 1 saturated heterocycles. The zero-order valence-electron chi connectivity index (χ0n) is 16.7. The van der Waals surface area contributed by atoms with Crippen LogP contribution in [-0.2, 0) is 19.6 Å². The Hall–Kier alpha value is -2.86. The lowest BCUT2D eigenvalue weighted by atomic mass is 9.95. The number of sulfonamides is 1. The van der Waals surface area contributed by atoms with Crippen LogP contribution in [0, 0.1) is 0 Å². The van der Waals surface area contributed by atoms with E-state index in [0.29, 0.717) is 21.7 Å². The molecular weight excluding hydrogens is 455 g/mol. The highest BCUT2D eigenvalue weighted by Gasteiger charge is 2.37. The Morgan fingerprint density at radius 1 is 1.22 bits per heavy atom. The minimum Gasteiger partial charge on any atom is -0.366 e. The van der Waals surface area contributed by atoms with Gasteiger partial charge in [-0.15, -0.1) is 0 Å². The second-order valence-electron chi connectivity index (χ2n) is 7.22. The maximum absolute atomic E-state index is 13.5. The van der Waals surface area contributed by atoms with Crippen LogP contribution in [0.25, 0.3) is 10.9 Å². The minimum absolute atomic E-state index is 0.000247. The largest absolute Gasteiger partial charge is 0.366 e. The van der Waals surface area contributed by atoms with Crippen molar-refractivity contribution >= 4 is 63.3 Å². The molecular formula is C20H18BClN4O5S. The van der Waals surface area contributed by atoms with Crippen molar-refractivity contribution in [2.45, 2.75) is 11.0 Å². The predicted molar refractivity (Wildman–Crippen MR) is 121 cm³/mol. The monoisotopic (exact) mass is 472 g/mol. The molecule has 2 radical (unpaired) electrons. The smallest absolute Gasteiger partial charge is 0.266 e. The van der Waals surface area contributed by atoms with Crippen molar-refractivity contribution in [2.24, 2.45) is 5.73 Å².